The predicted octanol–water partition coefficient (Wildman–Crippen LogP) is 0.985. The summed E-state index contributed by atoms with van der Waals surface area (Å²) in [7, 11) is 6.56. The third kappa shape index (κ3) is 5.54. The van der Waals surface area contributed by atoms with Crippen molar-refractivity contribution < 1.29 is 14.3 Å². The summed E-state index contributed by atoms with van der Waals surface area (Å²) in [5.74, 6) is 0.393. The topological polar surface area (TPSA) is 61.9 Å². The first kappa shape index (κ1) is 18.3. The Kier molecular flexibility index (Phi) is 7.14. The molecule has 0 saturated heterocycles. The molecule has 22 heavy (non-hydrogen) atoms. The van der Waals surface area contributed by atoms with Crippen molar-refractivity contribution in [1.29, 1.82) is 0 Å². The summed E-state index contributed by atoms with van der Waals surface area (Å²) in [6, 6.07) is 5.37. The van der Waals surface area contributed by atoms with Crippen molar-refractivity contribution in [3.05, 3.63) is 28.8 Å². The minimum Gasteiger partial charge on any atom is -0.496 e. The molecule has 0 saturated carbocycles. The van der Waals surface area contributed by atoms with Crippen LogP contribution in [0.15, 0.2) is 18.2 Å². The van der Waals surface area contributed by atoms with Crippen LogP contribution in [0, 0.1) is 0 Å². The quantitative estimate of drug-likeness (QED) is 0.811. The highest BCUT2D eigenvalue weighted by Gasteiger charge is 2.15. The van der Waals surface area contributed by atoms with Gasteiger partial charge in [-0.2, -0.15) is 0 Å². The largest absolute Gasteiger partial charge is 0.496 e. The van der Waals surface area contributed by atoms with Crippen molar-refractivity contribution in [3.8, 4) is 5.75 Å². The van der Waals surface area contributed by atoms with Gasteiger partial charge in [-0.25, -0.2) is 0 Å². The van der Waals surface area contributed by atoms with Crippen LogP contribution in [0.5, 0.6) is 5.75 Å². The fourth-order valence-corrected chi connectivity index (χ4v) is 2.15. The molecule has 1 aromatic carbocycles. The lowest BCUT2D eigenvalue weighted by Gasteiger charge is -2.22. The van der Waals surface area contributed by atoms with Crippen molar-refractivity contribution in [1.82, 2.24) is 15.1 Å². The molecule has 1 aromatic rings. The van der Waals surface area contributed by atoms with Gasteiger partial charge in [-0.1, -0.05) is 11.6 Å². The van der Waals surface area contributed by atoms with E-state index in [0.717, 1.165) is 11.3 Å². The molecule has 122 valence electrons. The first-order valence-corrected chi connectivity index (χ1v) is 7.20. The SMILES string of the molecule is CNC(=O)CN(C)C(=O)CN(C)Cc1cc(Cl)ccc1OC. The molecule has 0 aliphatic rings. The highest BCUT2D eigenvalue weighted by Crippen LogP contribution is 2.23. The maximum absolute atomic E-state index is 12.1. The van der Waals surface area contributed by atoms with E-state index in [1.54, 1.807) is 26.3 Å². The number of hydrogen-bond acceptors (Lipinski definition) is 4. The first-order valence-electron chi connectivity index (χ1n) is 6.83. The molecule has 1 rings (SSSR count). The Morgan fingerprint density at radius 3 is 2.55 bits per heavy atom. The second-order valence-electron chi connectivity index (χ2n) is 5.05. The Morgan fingerprint density at radius 2 is 1.95 bits per heavy atom. The van der Waals surface area contributed by atoms with E-state index in [4.69, 9.17) is 16.3 Å². The van der Waals surface area contributed by atoms with E-state index in [-0.39, 0.29) is 24.9 Å². The summed E-state index contributed by atoms with van der Waals surface area (Å²) >= 11 is 5.99. The van der Waals surface area contributed by atoms with Gasteiger partial charge in [0.1, 0.15) is 5.75 Å². The fraction of sp³-hybridized carbons (Fsp3) is 0.467. The van der Waals surface area contributed by atoms with E-state index in [9.17, 15) is 9.59 Å². The van der Waals surface area contributed by atoms with Gasteiger partial charge in [0.15, 0.2) is 0 Å². The molecule has 0 fully saturated rings. The van der Waals surface area contributed by atoms with Crippen LogP contribution in [-0.4, -0.2) is 63.0 Å². The van der Waals surface area contributed by atoms with Crippen LogP contribution in [-0.2, 0) is 16.1 Å². The second kappa shape index (κ2) is 8.60. The minimum atomic E-state index is -0.199. The molecule has 1 N–H and O–H groups in total. The molecule has 0 spiro atoms. The van der Waals surface area contributed by atoms with Crippen molar-refractivity contribution in [2.24, 2.45) is 0 Å². The van der Waals surface area contributed by atoms with Crippen molar-refractivity contribution in [2.45, 2.75) is 6.54 Å². The molecular weight excluding hydrogens is 306 g/mol. The van der Waals surface area contributed by atoms with Gasteiger partial charge in [0.2, 0.25) is 11.8 Å². The normalized spacial score (nSPS) is 10.5. The van der Waals surface area contributed by atoms with Gasteiger partial charge in [-0.05, 0) is 25.2 Å². The van der Waals surface area contributed by atoms with Gasteiger partial charge in [0.25, 0.3) is 0 Å². The molecular formula is C15H22ClN3O3. The number of nitrogens with one attached hydrogen (secondary N) is 1. The van der Waals surface area contributed by atoms with Gasteiger partial charge in [0, 0.05) is 31.2 Å². The van der Waals surface area contributed by atoms with Crippen molar-refractivity contribution >= 4 is 23.4 Å². The monoisotopic (exact) mass is 327 g/mol. The zero-order valence-corrected chi connectivity index (χ0v) is 14.1. The Morgan fingerprint density at radius 1 is 1.27 bits per heavy atom. The van der Waals surface area contributed by atoms with E-state index in [1.807, 2.05) is 18.0 Å². The predicted molar refractivity (Wildman–Crippen MR) is 86.0 cm³/mol. The molecule has 0 atom stereocenters. The number of nitrogens with zero attached hydrogens (tertiary/aromatic N) is 2. The maximum atomic E-state index is 12.1. The Bertz CT molecular complexity index is 537. The summed E-state index contributed by atoms with van der Waals surface area (Å²) in [5.41, 5.74) is 0.902. The van der Waals surface area contributed by atoms with Crippen LogP contribution < -0.4 is 10.1 Å². The van der Waals surface area contributed by atoms with E-state index >= 15 is 0 Å². The standard InChI is InChI=1S/C15H22ClN3O3/c1-17-14(20)9-19(3)15(21)10-18(2)8-11-7-12(16)5-6-13(11)22-4/h5-7H,8-10H2,1-4H3,(H,17,20). The highest BCUT2D eigenvalue weighted by molar-refractivity contribution is 6.30. The Balaban J connectivity index is 2.62. The number of hydrogen-bond donors (Lipinski definition) is 1. The number of amides is 2. The number of benzene rings is 1. The summed E-state index contributed by atoms with van der Waals surface area (Å²) in [5, 5.41) is 3.11. The smallest absolute Gasteiger partial charge is 0.239 e. The molecule has 0 aliphatic carbocycles. The highest BCUT2D eigenvalue weighted by atomic mass is 35.5. The first-order chi connectivity index (χ1) is 10.4. The number of methoxy groups -OCH3 is 1. The van der Waals surface area contributed by atoms with Gasteiger partial charge >= 0.3 is 0 Å². The summed E-state index contributed by atoms with van der Waals surface area (Å²) in [4.78, 5) is 26.6. The third-order valence-electron chi connectivity index (χ3n) is 3.17. The number of carbonyl (C=O) groups is 2. The Hall–Kier alpha value is -1.79. The number of halogens is 1. The summed E-state index contributed by atoms with van der Waals surface area (Å²) < 4.78 is 5.29. The molecule has 7 heteroatoms. The average molecular weight is 328 g/mol. The average Bonchev–Trinajstić information content (AvgIpc) is 2.47. The van der Waals surface area contributed by atoms with Gasteiger partial charge in [0.05, 0.1) is 20.2 Å². The number of carbonyl (C=O) groups excluding carboxylic acids is 2. The van der Waals surface area contributed by atoms with E-state index in [0.29, 0.717) is 11.6 Å². The van der Waals surface area contributed by atoms with Gasteiger partial charge in [-0.15, -0.1) is 0 Å². The molecule has 0 radical (unpaired) electrons. The van der Waals surface area contributed by atoms with Gasteiger partial charge in [-0.3, -0.25) is 14.5 Å². The van der Waals surface area contributed by atoms with Crippen LogP contribution in [0.2, 0.25) is 5.02 Å². The maximum Gasteiger partial charge on any atom is 0.239 e. The van der Waals surface area contributed by atoms with Crippen LogP contribution in [0.1, 0.15) is 5.56 Å². The molecule has 6 nitrogen and oxygen atoms in total. The van der Waals surface area contributed by atoms with Crippen LogP contribution in [0.4, 0.5) is 0 Å². The lowest BCUT2D eigenvalue weighted by Crippen LogP contribution is -2.41. The molecule has 0 aliphatic heterocycles. The third-order valence-corrected chi connectivity index (χ3v) is 3.41. The fourth-order valence-electron chi connectivity index (χ4n) is 1.95. The van der Waals surface area contributed by atoms with Crippen LogP contribution in [0.3, 0.4) is 0 Å². The zero-order valence-electron chi connectivity index (χ0n) is 13.4. The van der Waals surface area contributed by atoms with Crippen molar-refractivity contribution in [2.75, 3.05) is 41.3 Å². The molecule has 0 aromatic heterocycles. The lowest BCUT2D eigenvalue weighted by molar-refractivity contribution is -0.135. The van der Waals surface area contributed by atoms with Crippen LogP contribution in [0.25, 0.3) is 0 Å². The van der Waals surface area contributed by atoms with E-state index in [2.05, 4.69) is 5.32 Å². The molecule has 0 bridgehead atoms. The number of likely N-dealkylation sites (N-methyl/N-ethyl adjacent to an activating group) is 3. The van der Waals surface area contributed by atoms with Gasteiger partial charge < -0.3 is 15.0 Å². The Labute approximate surface area is 136 Å². The number of rotatable bonds is 7. The van der Waals surface area contributed by atoms with Crippen LogP contribution >= 0.6 is 11.6 Å². The second-order valence-corrected chi connectivity index (χ2v) is 5.49. The van der Waals surface area contributed by atoms with Crippen molar-refractivity contribution in [3.63, 3.8) is 0 Å². The summed E-state index contributed by atoms with van der Waals surface area (Å²) in [6.07, 6.45) is 0. The lowest BCUT2D eigenvalue weighted by atomic mass is 10.2. The minimum absolute atomic E-state index is 0.0453. The summed E-state index contributed by atoms with van der Waals surface area (Å²) in [6.45, 7) is 0.760. The zero-order chi connectivity index (χ0) is 16.7. The molecule has 0 heterocycles. The number of ether oxygens (including phenoxy) is 1. The molecule has 2 amide bonds. The molecule has 0 unspecified atom stereocenters. The van der Waals surface area contributed by atoms with E-state index < -0.39 is 0 Å². The van der Waals surface area contributed by atoms with E-state index in [1.165, 1.54) is 11.9 Å².